The average molecular weight is 255 g/mol. The molecule has 0 bridgehead atoms. The van der Waals surface area contributed by atoms with E-state index in [9.17, 15) is 4.39 Å². The van der Waals surface area contributed by atoms with Crippen molar-refractivity contribution in [3.8, 4) is 0 Å². The standard InChI is InChI=1S/C11H12ClFN4/c1-14-5-11-15-7-17(16-11)6-8-2-3-9(12)4-10(8)13/h2-4,7,14H,5-6H2,1H3. The summed E-state index contributed by atoms with van der Waals surface area (Å²) >= 11 is 5.68. The van der Waals surface area contributed by atoms with Gasteiger partial charge in [0.15, 0.2) is 5.82 Å². The van der Waals surface area contributed by atoms with Crippen LogP contribution in [0.15, 0.2) is 24.5 Å². The zero-order valence-electron chi connectivity index (χ0n) is 9.32. The molecule has 0 atom stereocenters. The van der Waals surface area contributed by atoms with Crippen LogP contribution in [0.3, 0.4) is 0 Å². The minimum atomic E-state index is -0.330. The Morgan fingerprint density at radius 3 is 3.00 bits per heavy atom. The van der Waals surface area contributed by atoms with Crippen LogP contribution in [-0.2, 0) is 13.1 Å². The van der Waals surface area contributed by atoms with E-state index >= 15 is 0 Å². The van der Waals surface area contributed by atoms with Crippen molar-refractivity contribution in [3.63, 3.8) is 0 Å². The van der Waals surface area contributed by atoms with Gasteiger partial charge in [-0.3, -0.25) is 0 Å². The maximum Gasteiger partial charge on any atom is 0.164 e. The second-order valence-corrected chi connectivity index (χ2v) is 4.06. The summed E-state index contributed by atoms with van der Waals surface area (Å²) in [6.45, 7) is 0.940. The van der Waals surface area contributed by atoms with Crippen LogP contribution in [0.2, 0.25) is 5.02 Å². The van der Waals surface area contributed by atoms with Gasteiger partial charge in [-0.2, -0.15) is 5.10 Å². The molecule has 0 saturated carbocycles. The Morgan fingerprint density at radius 1 is 1.47 bits per heavy atom. The minimum Gasteiger partial charge on any atom is -0.313 e. The molecule has 0 unspecified atom stereocenters. The maximum absolute atomic E-state index is 13.5. The van der Waals surface area contributed by atoms with E-state index in [4.69, 9.17) is 11.6 Å². The molecule has 1 aromatic heterocycles. The van der Waals surface area contributed by atoms with Gasteiger partial charge in [-0.05, 0) is 19.2 Å². The predicted octanol–water partition coefficient (Wildman–Crippen LogP) is 1.84. The third-order valence-corrected chi connectivity index (χ3v) is 2.50. The number of aromatic nitrogens is 3. The van der Waals surface area contributed by atoms with Crippen LogP contribution in [0, 0.1) is 5.82 Å². The fourth-order valence-electron chi connectivity index (χ4n) is 1.47. The summed E-state index contributed by atoms with van der Waals surface area (Å²) < 4.78 is 15.1. The highest BCUT2D eigenvalue weighted by Crippen LogP contribution is 2.15. The van der Waals surface area contributed by atoms with Crippen LogP contribution < -0.4 is 5.32 Å². The molecule has 0 fully saturated rings. The van der Waals surface area contributed by atoms with Gasteiger partial charge in [0, 0.05) is 10.6 Å². The molecule has 0 saturated heterocycles. The van der Waals surface area contributed by atoms with Crippen LogP contribution in [-0.4, -0.2) is 21.8 Å². The number of benzene rings is 1. The summed E-state index contributed by atoms with van der Waals surface area (Å²) in [6.07, 6.45) is 1.58. The zero-order valence-corrected chi connectivity index (χ0v) is 10.1. The fourth-order valence-corrected chi connectivity index (χ4v) is 1.63. The van der Waals surface area contributed by atoms with Crippen LogP contribution in [0.25, 0.3) is 0 Å². The van der Waals surface area contributed by atoms with E-state index in [1.54, 1.807) is 23.1 Å². The van der Waals surface area contributed by atoms with Crippen molar-refractivity contribution in [1.29, 1.82) is 0 Å². The smallest absolute Gasteiger partial charge is 0.164 e. The monoisotopic (exact) mass is 254 g/mol. The minimum absolute atomic E-state index is 0.330. The molecule has 2 aromatic rings. The van der Waals surface area contributed by atoms with Gasteiger partial charge in [0.2, 0.25) is 0 Å². The number of halogens is 2. The van der Waals surface area contributed by atoms with E-state index in [0.717, 1.165) is 0 Å². The molecule has 1 heterocycles. The Balaban J connectivity index is 2.13. The van der Waals surface area contributed by atoms with Crippen molar-refractivity contribution in [3.05, 3.63) is 46.8 Å². The van der Waals surface area contributed by atoms with Gasteiger partial charge in [0.05, 0.1) is 13.1 Å². The van der Waals surface area contributed by atoms with E-state index in [2.05, 4.69) is 15.4 Å². The Bertz CT molecular complexity index is 512. The highest BCUT2D eigenvalue weighted by atomic mass is 35.5. The second kappa shape index (κ2) is 5.25. The lowest BCUT2D eigenvalue weighted by Gasteiger charge is -2.03. The lowest BCUT2D eigenvalue weighted by molar-refractivity contribution is 0.581. The van der Waals surface area contributed by atoms with Gasteiger partial charge in [-0.15, -0.1) is 0 Å². The molecule has 6 heteroatoms. The molecule has 0 amide bonds. The third-order valence-electron chi connectivity index (χ3n) is 2.27. The summed E-state index contributed by atoms with van der Waals surface area (Å²) in [5.74, 6) is 0.352. The summed E-state index contributed by atoms with van der Waals surface area (Å²) in [4.78, 5) is 4.09. The predicted molar refractivity (Wildman–Crippen MR) is 63.3 cm³/mol. The molecular formula is C11H12ClFN4. The molecule has 0 radical (unpaired) electrons. The first kappa shape index (κ1) is 12.0. The molecule has 17 heavy (non-hydrogen) atoms. The van der Waals surface area contributed by atoms with Crippen molar-refractivity contribution in [2.75, 3.05) is 7.05 Å². The van der Waals surface area contributed by atoms with E-state index < -0.39 is 0 Å². The van der Waals surface area contributed by atoms with Gasteiger partial charge in [-0.1, -0.05) is 17.7 Å². The van der Waals surface area contributed by atoms with Gasteiger partial charge < -0.3 is 5.32 Å². The van der Waals surface area contributed by atoms with Gasteiger partial charge >= 0.3 is 0 Å². The summed E-state index contributed by atoms with van der Waals surface area (Å²) in [5.41, 5.74) is 0.537. The highest BCUT2D eigenvalue weighted by Gasteiger charge is 2.05. The molecule has 1 aromatic carbocycles. The molecular weight excluding hydrogens is 243 g/mol. The van der Waals surface area contributed by atoms with Crippen molar-refractivity contribution < 1.29 is 4.39 Å². The maximum atomic E-state index is 13.5. The van der Waals surface area contributed by atoms with Gasteiger partial charge in [0.1, 0.15) is 12.1 Å². The molecule has 0 spiro atoms. The van der Waals surface area contributed by atoms with Crippen LogP contribution >= 0.6 is 11.6 Å². The van der Waals surface area contributed by atoms with E-state index in [1.165, 1.54) is 6.07 Å². The molecule has 90 valence electrons. The molecule has 0 aliphatic carbocycles. The number of nitrogens with one attached hydrogen (secondary N) is 1. The van der Waals surface area contributed by atoms with Crippen molar-refractivity contribution in [1.82, 2.24) is 20.1 Å². The number of hydrogen-bond donors (Lipinski definition) is 1. The van der Waals surface area contributed by atoms with Crippen LogP contribution in [0.4, 0.5) is 4.39 Å². The summed E-state index contributed by atoms with van der Waals surface area (Å²) in [5, 5.41) is 7.54. The Kier molecular flexibility index (Phi) is 3.71. The van der Waals surface area contributed by atoms with E-state index in [1.807, 2.05) is 7.05 Å². The lowest BCUT2D eigenvalue weighted by atomic mass is 10.2. The van der Waals surface area contributed by atoms with Crippen molar-refractivity contribution >= 4 is 11.6 Å². The summed E-state index contributed by atoms with van der Waals surface area (Å²) in [6, 6.07) is 4.60. The number of nitrogens with zero attached hydrogens (tertiary/aromatic N) is 3. The first-order valence-corrected chi connectivity index (χ1v) is 5.53. The van der Waals surface area contributed by atoms with Gasteiger partial charge in [-0.25, -0.2) is 14.1 Å². The SMILES string of the molecule is CNCc1ncn(Cc2ccc(Cl)cc2F)n1. The second-order valence-electron chi connectivity index (χ2n) is 3.62. The Labute approximate surface area is 103 Å². The van der Waals surface area contributed by atoms with E-state index in [0.29, 0.717) is 29.5 Å². The van der Waals surface area contributed by atoms with Crippen LogP contribution in [0.5, 0.6) is 0 Å². The lowest BCUT2D eigenvalue weighted by Crippen LogP contribution is -2.08. The third kappa shape index (κ3) is 3.01. The van der Waals surface area contributed by atoms with Crippen molar-refractivity contribution in [2.45, 2.75) is 13.1 Å². The Morgan fingerprint density at radius 2 is 2.29 bits per heavy atom. The molecule has 2 rings (SSSR count). The number of hydrogen-bond acceptors (Lipinski definition) is 3. The molecule has 0 aliphatic rings. The molecule has 4 nitrogen and oxygen atoms in total. The fraction of sp³-hybridized carbons (Fsp3) is 0.273. The van der Waals surface area contributed by atoms with Gasteiger partial charge in [0.25, 0.3) is 0 Å². The normalized spacial score (nSPS) is 10.8. The quantitative estimate of drug-likeness (QED) is 0.905. The molecule has 1 N–H and O–H groups in total. The number of rotatable bonds is 4. The summed E-state index contributed by atoms with van der Waals surface area (Å²) in [7, 11) is 1.82. The largest absolute Gasteiger partial charge is 0.313 e. The first-order chi connectivity index (χ1) is 8.19. The highest BCUT2D eigenvalue weighted by molar-refractivity contribution is 6.30. The van der Waals surface area contributed by atoms with Crippen LogP contribution in [0.1, 0.15) is 11.4 Å². The average Bonchev–Trinajstić information content (AvgIpc) is 2.71. The van der Waals surface area contributed by atoms with E-state index in [-0.39, 0.29) is 5.82 Å². The zero-order chi connectivity index (χ0) is 12.3. The first-order valence-electron chi connectivity index (χ1n) is 5.16. The van der Waals surface area contributed by atoms with Crippen molar-refractivity contribution in [2.24, 2.45) is 0 Å². The molecule has 0 aliphatic heterocycles. The Hall–Kier alpha value is -1.46. The topological polar surface area (TPSA) is 42.7 Å².